The lowest BCUT2D eigenvalue weighted by Gasteiger charge is -2.36. The molecule has 3 heterocycles. The maximum absolute atomic E-state index is 12.4. The molecule has 2 fully saturated rings. The van der Waals surface area contributed by atoms with E-state index in [0.717, 1.165) is 50.8 Å². The van der Waals surface area contributed by atoms with Crippen LogP contribution in [0.3, 0.4) is 0 Å². The number of amides is 1. The molecule has 0 saturated carbocycles. The highest BCUT2D eigenvalue weighted by Gasteiger charge is 2.28. The number of ether oxygens (including phenoxy) is 1. The number of piperidine rings is 2. The van der Waals surface area contributed by atoms with E-state index < -0.39 is 0 Å². The van der Waals surface area contributed by atoms with Gasteiger partial charge in [-0.1, -0.05) is 0 Å². The molecule has 0 spiro atoms. The molecule has 140 valence electrons. The standard InChI is InChI=1S/C18H31N5O2/c1-25-9-7-20-18(24)16-11-21-22-17(16)15-5-3-8-23(13-15)12-14-4-2-6-19-10-14/h11,14-15,19H,2-10,12-13H2,1H3,(H,20,24)(H,21,22). The average Bonchev–Trinajstić information content (AvgIpc) is 3.13. The van der Waals surface area contributed by atoms with E-state index in [1.54, 1.807) is 13.3 Å². The molecule has 0 bridgehead atoms. The van der Waals surface area contributed by atoms with Gasteiger partial charge in [-0.05, 0) is 51.2 Å². The third-order valence-electron chi connectivity index (χ3n) is 5.33. The Labute approximate surface area is 149 Å². The van der Waals surface area contributed by atoms with E-state index in [1.165, 1.54) is 19.3 Å². The fraction of sp³-hybridized carbons (Fsp3) is 0.778. The van der Waals surface area contributed by atoms with Crippen LogP contribution in [-0.4, -0.2) is 74.0 Å². The predicted octanol–water partition coefficient (Wildman–Crippen LogP) is 0.965. The molecule has 0 aromatic carbocycles. The SMILES string of the molecule is COCCNC(=O)c1cn[nH]c1C1CCCN(CC2CCCNC2)C1. The van der Waals surface area contributed by atoms with Gasteiger partial charge in [-0.25, -0.2) is 0 Å². The van der Waals surface area contributed by atoms with Crippen molar-refractivity contribution in [1.82, 2.24) is 25.7 Å². The van der Waals surface area contributed by atoms with Crippen molar-refractivity contribution in [3.63, 3.8) is 0 Å². The van der Waals surface area contributed by atoms with Crippen LogP contribution in [0.2, 0.25) is 0 Å². The van der Waals surface area contributed by atoms with Crippen LogP contribution in [0.25, 0.3) is 0 Å². The Hall–Kier alpha value is -1.44. The molecule has 2 saturated heterocycles. The van der Waals surface area contributed by atoms with E-state index in [2.05, 4.69) is 25.7 Å². The summed E-state index contributed by atoms with van der Waals surface area (Å²) < 4.78 is 4.99. The fourth-order valence-corrected chi connectivity index (χ4v) is 4.05. The van der Waals surface area contributed by atoms with Crippen LogP contribution in [-0.2, 0) is 4.74 Å². The number of rotatable bonds is 7. The molecule has 2 aliphatic rings. The summed E-state index contributed by atoms with van der Waals surface area (Å²) in [5.41, 5.74) is 1.67. The second-order valence-electron chi connectivity index (χ2n) is 7.26. The zero-order valence-corrected chi connectivity index (χ0v) is 15.2. The number of carbonyl (C=O) groups is 1. The number of nitrogens with one attached hydrogen (secondary N) is 3. The van der Waals surface area contributed by atoms with Gasteiger partial charge >= 0.3 is 0 Å². The van der Waals surface area contributed by atoms with Gasteiger partial charge in [-0.15, -0.1) is 0 Å². The molecule has 1 aromatic heterocycles. The molecule has 1 amide bonds. The highest BCUT2D eigenvalue weighted by Crippen LogP contribution is 2.28. The van der Waals surface area contributed by atoms with Crippen molar-refractivity contribution in [2.24, 2.45) is 5.92 Å². The molecule has 25 heavy (non-hydrogen) atoms. The molecular formula is C18H31N5O2. The second-order valence-corrected chi connectivity index (χ2v) is 7.26. The Kier molecular flexibility index (Phi) is 6.84. The first-order chi connectivity index (χ1) is 12.3. The third kappa shape index (κ3) is 5.03. The summed E-state index contributed by atoms with van der Waals surface area (Å²) in [4.78, 5) is 15.0. The van der Waals surface area contributed by atoms with Crippen molar-refractivity contribution in [2.45, 2.75) is 31.6 Å². The molecule has 2 aliphatic heterocycles. The van der Waals surface area contributed by atoms with Crippen LogP contribution >= 0.6 is 0 Å². The summed E-state index contributed by atoms with van der Waals surface area (Å²) in [6.07, 6.45) is 6.55. The molecule has 3 rings (SSSR count). The average molecular weight is 349 g/mol. The van der Waals surface area contributed by atoms with Gasteiger partial charge in [0.15, 0.2) is 0 Å². The van der Waals surface area contributed by atoms with Gasteiger partial charge in [-0.3, -0.25) is 9.89 Å². The van der Waals surface area contributed by atoms with Crippen LogP contribution < -0.4 is 10.6 Å². The summed E-state index contributed by atoms with van der Waals surface area (Å²) in [7, 11) is 1.63. The third-order valence-corrected chi connectivity index (χ3v) is 5.33. The Morgan fingerprint density at radius 3 is 3.16 bits per heavy atom. The first-order valence-electron chi connectivity index (χ1n) is 9.51. The molecule has 7 heteroatoms. The summed E-state index contributed by atoms with van der Waals surface area (Å²) in [5, 5.41) is 13.6. The molecule has 2 atom stereocenters. The topological polar surface area (TPSA) is 82.3 Å². The number of hydrogen-bond acceptors (Lipinski definition) is 5. The number of likely N-dealkylation sites (tertiary alicyclic amines) is 1. The summed E-state index contributed by atoms with van der Waals surface area (Å²) in [5.74, 6) is 1.05. The molecular weight excluding hydrogens is 318 g/mol. The predicted molar refractivity (Wildman–Crippen MR) is 96.8 cm³/mol. The molecule has 0 aliphatic carbocycles. The van der Waals surface area contributed by atoms with Crippen LogP contribution in [0.1, 0.15) is 47.7 Å². The van der Waals surface area contributed by atoms with Crippen LogP contribution in [0.4, 0.5) is 0 Å². The Balaban J connectivity index is 1.57. The Morgan fingerprint density at radius 2 is 2.36 bits per heavy atom. The van der Waals surface area contributed by atoms with Crippen LogP contribution in [0, 0.1) is 5.92 Å². The van der Waals surface area contributed by atoms with E-state index >= 15 is 0 Å². The number of H-pyrrole nitrogens is 1. The normalized spacial score (nSPS) is 25.0. The number of aromatic amines is 1. The summed E-state index contributed by atoms with van der Waals surface area (Å²) >= 11 is 0. The Bertz CT molecular complexity index is 541. The van der Waals surface area contributed by atoms with Crippen molar-refractivity contribution in [1.29, 1.82) is 0 Å². The number of hydrogen-bond donors (Lipinski definition) is 3. The molecule has 3 N–H and O–H groups in total. The zero-order valence-electron chi connectivity index (χ0n) is 15.2. The van der Waals surface area contributed by atoms with Gasteiger partial charge in [0, 0.05) is 32.7 Å². The van der Waals surface area contributed by atoms with Crippen molar-refractivity contribution in [3.8, 4) is 0 Å². The van der Waals surface area contributed by atoms with Crippen molar-refractivity contribution in [2.75, 3.05) is 53.0 Å². The molecule has 7 nitrogen and oxygen atoms in total. The molecule has 0 radical (unpaired) electrons. The first kappa shape index (κ1) is 18.4. The number of methoxy groups -OCH3 is 1. The first-order valence-corrected chi connectivity index (χ1v) is 9.51. The largest absolute Gasteiger partial charge is 0.383 e. The van der Waals surface area contributed by atoms with Crippen molar-refractivity contribution >= 4 is 5.91 Å². The summed E-state index contributed by atoms with van der Waals surface area (Å²) in [6.45, 7) is 6.67. The van der Waals surface area contributed by atoms with Crippen LogP contribution in [0.15, 0.2) is 6.20 Å². The maximum atomic E-state index is 12.4. The smallest absolute Gasteiger partial charge is 0.254 e. The quantitative estimate of drug-likeness (QED) is 0.639. The van der Waals surface area contributed by atoms with Gasteiger partial charge in [0.25, 0.3) is 5.91 Å². The van der Waals surface area contributed by atoms with E-state index in [1.807, 2.05) is 0 Å². The lowest BCUT2D eigenvalue weighted by Crippen LogP contribution is -2.42. The zero-order chi connectivity index (χ0) is 17.5. The van der Waals surface area contributed by atoms with Gasteiger partial charge in [0.2, 0.25) is 0 Å². The lowest BCUT2D eigenvalue weighted by molar-refractivity contribution is 0.0934. The van der Waals surface area contributed by atoms with E-state index in [9.17, 15) is 4.79 Å². The minimum atomic E-state index is -0.0607. The van der Waals surface area contributed by atoms with E-state index in [0.29, 0.717) is 24.6 Å². The highest BCUT2D eigenvalue weighted by atomic mass is 16.5. The fourth-order valence-electron chi connectivity index (χ4n) is 4.05. The van der Waals surface area contributed by atoms with Gasteiger partial charge in [0.1, 0.15) is 0 Å². The van der Waals surface area contributed by atoms with Gasteiger partial charge in [-0.2, -0.15) is 5.10 Å². The second kappa shape index (κ2) is 9.31. The maximum Gasteiger partial charge on any atom is 0.254 e. The molecule has 1 aromatic rings. The van der Waals surface area contributed by atoms with E-state index in [4.69, 9.17) is 4.74 Å². The van der Waals surface area contributed by atoms with Gasteiger partial charge in [0.05, 0.1) is 24.1 Å². The minimum absolute atomic E-state index is 0.0607. The van der Waals surface area contributed by atoms with E-state index in [-0.39, 0.29) is 5.91 Å². The highest BCUT2D eigenvalue weighted by molar-refractivity contribution is 5.95. The van der Waals surface area contributed by atoms with Crippen LogP contribution in [0.5, 0.6) is 0 Å². The van der Waals surface area contributed by atoms with Crippen molar-refractivity contribution < 1.29 is 9.53 Å². The minimum Gasteiger partial charge on any atom is -0.383 e. The monoisotopic (exact) mass is 349 g/mol. The van der Waals surface area contributed by atoms with Gasteiger partial charge < -0.3 is 20.3 Å². The number of carbonyl (C=O) groups excluding carboxylic acids is 1. The number of aromatic nitrogens is 2. The molecule has 2 unspecified atom stereocenters. The van der Waals surface area contributed by atoms with Crippen molar-refractivity contribution in [3.05, 3.63) is 17.5 Å². The number of nitrogens with zero attached hydrogens (tertiary/aromatic N) is 2. The summed E-state index contributed by atoms with van der Waals surface area (Å²) in [6, 6.07) is 0. The lowest BCUT2D eigenvalue weighted by atomic mass is 9.91. The Morgan fingerprint density at radius 1 is 1.44 bits per heavy atom.